The fourth-order valence-electron chi connectivity index (χ4n) is 2.27. The van der Waals surface area contributed by atoms with Gasteiger partial charge in [-0.1, -0.05) is 12.1 Å². The Kier molecular flexibility index (Phi) is 4.38. The Labute approximate surface area is 138 Å². The Morgan fingerprint density at radius 3 is 2.25 bits per heavy atom. The molecule has 0 bridgehead atoms. The number of nitrogens with zero attached hydrogens (tertiary/aromatic N) is 2. The molecule has 0 aliphatic carbocycles. The first kappa shape index (κ1) is 15.5. The number of hydrogen-bond donors (Lipinski definition) is 2. The first-order chi connectivity index (χ1) is 11.6. The molecule has 120 valence electrons. The van der Waals surface area contributed by atoms with Crippen LogP contribution in [0.2, 0.25) is 0 Å². The van der Waals surface area contributed by atoms with Gasteiger partial charge in [0.1, 0.15) is 0 Å². The smallest absolute Gasteiger partial charge is 0.255 e. The SMILES string of the molecule is NC(=O)c1ccc(NC(=O)c2ccc(Cn3ccnc3)cc2)cc1. The van der Waals surface area contributed by atoms with Crippen molar-refractivity contribution in [3.63, 3.8) is 0 Å². The van der Waals surface area contributed by atoms with Crippen LogP contribution < -0.4 is 11.1 Å². The second-order valence-corrected chi connectivity index (χ2v) is 5.33. The molecule has 3 aromatic rings. The van der Waals surface area contributed by atoms with Crippen LogP contribution in [0.3, 0.4) is 0 Å². The number of carbonyl (C=O) groups is 2. The van der Waals surface area contributed by atoms with E-state index >= 15 is 0 Å². The number of nitrogens with one attached hydrogen (secondary N) is 1. The monoisotopic (exact) mass is 320 g/mol. The molecule has 0 spiro atoms. The van der Waals surface area contributed by atoms with Gasteiger partial charge < -0.3 is 15.6 Å². The Balaban J connectivity index is 1.65. The van der Waals surface area contributed by atoms with Crippen molar-refractivity contribution in [1.29, 1.82) is 0 Å². The van der Waals surface area contributed by atoms with Gasteiger partial charge in [-0.2, -0.15) is 0 Å². The number of amides is 2. The summed E-state index contributed by atoms with van der Waals surface area (Å²) in [4.78, 5) is 27.3. The maximum atomic E-state index is 12.2. The van der Waals surface area contributed by atoms with Gasteiger partial charge in [0.05, 0.1) is 6.33 Å². The van der Waals surface area contributed by atoms with E-state index in [0.29, 0.717) is 23.4 Å². The lowest BCUT2D eigenvalue weighted by atomic mass is 10.1. The predicted molar refractivity (Wildman–Crippen MR) is 90.7 cm³/mol. The van der Waals surface area contributed by atoms with E-state index in [2.05, 4.69) is 10.3 Å². The Morgan fingerprint density at radius 2 is 1.67 bits per heavy atom. The number of rotatable bonds is 5. The molecule has 0 radical (unpaired) electrons. The molecule has 0 aliphatic rings. The van der Waals surface area contributed by atoms with E-state index in [1.807, 2.05) is 22.9 Å². The highest BCUT2D eigenvalue weighted by Gasteiger charge is 2.07. The molecule has 0 fully saturated rings. The summed E-state index contributed by atoms with van der Waals surface area (Å²) in [6.07, 6.45) is 5.36. The zero-order valence-corrected chi connectivity index (χ0v) is 12.8. The summed E-state index contributed by atoms with van der Waals surface area (Å²) in [6.45, 7) is 0.705. The molecule has 0 aliphatic heterocycles. The highest BCUT2D eigenvalue weighted by Crippen LogP contribution is 2.12. The molecule has 1 heterocycles. The van der Waals surface area contributed by atoms with Crippen molar-refractivity contribution in [2.75, 3.05) is 5.32 Å². The Morgan fingerprint density at radius 1 is 1.00 bits per heavy atom. The van der Waals surface area contributed by atoms with Gasteiger partial charge in [-0.25, -0.2) is 4.98 Å². The maximum absolute atomic E-state index is 12.2. The molecule has 24 heavy (non-hydrogen) atoms. The molecular weight excluding hydrogens is 304 g/mol. The highest BCUT2D eigenvalue weighted by molar-refractivity contribution is 6.04. The maximum Gasteiger partial charge on any atom is 0.255 e. The van der Waals surface area contributed by atoms with Crippen molar-refractivity contribution < 1.29 is 9.59 Å². The van der Waals surface area contributed by atoms with E-state index in [1.54, 1.807) is 48.9 Å². The summed E-state index contributed by atoms with van der Waals surface area (Å²) in [5.74, 6) is -0.711. The molecule has 1 aromatic heterocycles. The number of aromatic nitrogens is 2. The van der Waals surface area contributed by atoms with Crippen molar-refractivity contribution in [3.8, 4) is 0 Å². The number of benzene rings is 2. The van der Waals surface area contributed by atoms with E-state index in [1.165, 1.54) is 0 Å². The summed E-state index contributed by atoms with van der Waals surface area (Å²) in [5, 5.41) is 2.78. The quantitative estimate of drug-likeness (QED) is 0.755. The van der Waals surface area contributed by atoms with Gasteiger partial charge in [-0.3, -0.25) is 9.59 Å². The van der Waals surface area contributed by atoms with Gasteiger partial charge >= 0.3 is 0 Å². The molecule has 2 amide bonds. The minimum absolute atomic E-state index is 0.212. The fourth-order valence-corrected chi connectivity index (χ4v) is 2.27. The van der Waals surface area contributed by atoms with E-state index in [9.17, 15) is 9.59 Å². The van der Waals surface area contributed by atoms with Crippen molar-refractivity contribution >= 4 is 17.5 Å². The average molecular weight is 320 g/mol. The normalized spacial score (nSPS) is 10.3. The first-order valence-electron chi connectivity index (χ1n) is 7.38. The first-order valence-corrected chi connectivity index (χ1v) is 7.38. The van der Waals surface area contributed by atoms with Crippen LogP contribution >= 0.6 is 0 Å². The van der Waals surface area contributed by atoms with Gasteiger partial charge in [0, 0.05) is 35.8 Å². The number of nitrogens with two attached hydrogens (primary N) is 1. The minimum Gasteiger partial charge on any atom is -0.366 e. The van der Waals surface area contributed by atoms with E-state index in [-0.39, 0.29) is 5.91 Å². The fraction of sp³-hybridized carbons (Fsp3) is 0.0556. The van der Waals surface area contributed by atoms with Gasteiger partial charge in [0.25, 0.3) is 5.91 Å². The summed E-state index contributed by atoms with van der Waals surface area (Å²) >= 11 is 0. The number of hydrogen-bond acceptors (Lipinski definition) is 3. The van der Waals surface area contributed by atoms with Crippen molar-refractivity contribution in [2.24, 2.45) is 5.73 Å². The van der Waals surface area contributed by atoms with E-state index in [4.69, 9.17) is 5.73 Å². The van der Waals surface area contributed by atoms with E-state index < -0.39 is 5.91 Å². The van der Waals surface area contributed by atoms with Gasteiger partial charge in [0.15, 0.2) is 0 Å². The second-order valence-electron chi connectivity index (χ2n) is 5.33. The van der Waals surface area contributed by atoms with Crippen LogP contribution in [0.1, 0.15) is 26.3 Å². The molecule has 3 rings (SSSR count). The summed E-state index contributed by atoms with van der Waals surface area (Å²) in [5.41, 5.74) is 7.83. The van der Waals surface area contributed by atoms with Crippen molar-refractivity contribution in [2.45, 2.75) is 6.54 Å². The lowest BCUT2D eigenvalue weighted by Gasteiger charge is -2.07. The Hall–Kier alpha value is -3.41. The van der Waals surface area contributed by atoms with Gasteiger partial charge in [-0.15, -0.1) is 0 Å². The third kappa shape index (κ3) is 3.67. The van der Waals surface area contributed by atoms with Crippen molar-refractivity contribution in [1.82, 2.24) is 9.55 Å². The Bertz CT molecular complexity index is 838. The zero-order chi connectivity index (χ0) is 16.9. The molecule has 0 atom stereocenters. The largest absolute Gasteiger partial charge is 0.366 e. The third-order valence-electron chi connectivity index (χ3n) is 3.57. The molecular formula is C18H16N4O2. The summed E-state index contributed by atoms with van der Waals surface area (Å²) in [7, 11) is 0. The van der Waals surface area contributed by atoms with Crippen LogP contribution in [0.4, 0.5) is 5.69 Å². The topological polar surface area (TPSA) is 90.0 Å². The van der Waals surface area contributed by atoms with E-state index in [0.717, 1.165) is 5.56 Å². The van der Waals surface area contributed by atoms with Crippen LogP contribution in [0.5, 0.6) is 0 Å². The van der Waals surface area contributed by atoms with Crippen molar-refractivity contribution in [3.05, 3.63) is 83.9 Å². The molecule has 0 saturated heterocycles. The summed E-state index contributed by atoms with van der Waals surface area (Å²) < 4.78 is 1.95. The number of anilines is 1. The highest BCUT2D eigenvalue weighted by atomic mass is 16.2. The second kappa shape index (κ2) is 6.78. The molecule has 3 N–H and O–H groups in total. The lowest BCUT2D eigenvalue weighted by molar-refractivity contribution is 0.0998. The molecule has 0 saturated carbocycles. The van der Waals surface area contributed by atoms with Gasteiger partial charge in [-0.05, 0) is 42.0 Å². The molecule has 0 unspecified atom stereocenters. The van der Waals surface area contributed by atoms with Crippen LogP contribution in [0.15, 0.2) is 67.3 Å². The molecule has 2 aromatic carbocycles. The van der Waals surface area contributed by atoms with Crippen LogP contribution in [-0.2, 0) is 6.54 Å². The lowest BCUT2D eigenvalue weighted by Crippen LogP contribution is -2.13. The zero-order valence-electron chi connectivity index (χ0n) is 12.8. The number of carbonyl (C=O) groups excluding carboxylic acids is 2. The average Bonchev–Trinajstić information content (AvgIpc) is 3.09. The third-order valence-corrected chi connectivity index (χ3v) is 3.57. The molecule has 6 nitrogen and oxygen atoms in total. The minimum atomic E-state index is -0.499. The molecule has 6 heteroatoms. The number of imidazole rings is 1. The standard InChI is InChI=1S/C18H16N4O2/c19-17(23)14-5-7-16(8-6-14)21-18(24)15-3-1-13(2-4-15)11-22-10-9-20-12-22/h1-10,12H,11H2,(H2,19,23)(H,21,24). The van der Waals surface area contributed by atoms with Crippen LogP contribution in [-0.4, -0.2) is 21.4 Å². The predicted octanol–water partition coefficient (Wildman–Crippen LogP) is 2.28. The summed E-state index contributed by atoms with van der Waals surface area (Å²) in [6, 6.07) is 13.8. The van der Waals surface area contributed by atoms with Crippen LogP contribution in [0, 0.1) is 0 Å². The van der Waals surface area contributed by atoms with Crippen LogP contribution in [0.25, 0.3) is 0 Å². The number of primary amides is 1. The van der Waals surface area contributed by atoms with Gasteiger partial charge in [0.2, 0.25) is 5.91 Å².